The van der Waals surface area contributed by atoms with Crippen molar-refractivity contribution in [2.24, 2.45) is 0 Å². The van der Waals surface area contributed by atoms with Crippen molar-refractivity contribution in [2.75, 3.05) is 6.61 Å². The number of ether oxygens (including phenoxy) is 1. The van der Waals surface area contributed by atoms with E-state index in [0.29, 0.717) is 5.56 Å². The van der Waals surface area contributed by atoms with E-state index in [4.69, 9.17) is 0 Å². The molecule has 7 heteroatoms. The highest BCUT2D eigenvalue weighted by atomic mass is 19.4. The van der Waals surface area contributed by atoms with E-state index in [-0.39, 0.29) is 18.7 Å². The molecule has 0 radical (unpaired) electrons. The summed E-state index contributed by atoms with van der Waals surface area (Å²) < 4.78 is 53.5. The van der Waals surface area contributed by atoms with E-state index in [2.05, 4.69) is 10.1 Å². The van der Waals surface area contributed by atoms with Crippen LogP contribution in [0.25, 0.3) is 0 Å². The van der Waals surface area contributed by atoms with Gasteiger partial charge in [0.25, 0.3) is 5.91 Å². The van der Waals surface area contributed by atoms with E-state index in [9.17, 15) is 22.4 Å². The fourth-order valence-corrected chi connectivity index (χ4v) is 1.95. The summed E-state index contributed by atoms with van der Waals surface area (Å²) in [5.41, 5.74) is 1.57. The average Bonchev–Trinajstić information content (AvgIpc) is 2.52. The first kappa shape index (κ1) is 17.9. The number of amides is 1. The molecule has 0 aliphatic heterocycles. The molecule has 0 heterocycles. The number of nitrogens with one attached hydrogen (secondary N) is 1. The van der Waals surface area contributed by atoms with Gasteiger partial charge < -0.3 is 10.1 Å². The summed E-state index contributed by atoms with van der Waals surface area (Å²) in [6.45, 7) is -1.22. The van der Waals surface area contributed by atoms with Crippen molar-refractivity contribution in [1.82, 2.24) is 5.32 Å². The SMILES string of the molecule is O=C(NCc1ccc(COCC(F)(F)F)cc1)c1cccc(F)c1. The second kappa shape index (κ2) is 7.92. The lowest BCUT2D eigenvalue weighted by Crippen LogP contribution is -2.22. The van der Waals surface area contributed by atoms with Crippen LogP contribution in [0.3, 0.4) is 0 Å². The molecule has 24 heavy (non-hydrogen) atoms. The molecule has 2 aromatic rings. The van der Waals surface area contributed by atoms with Crippen LogP contribution in [0.5, 0.6) is 0 Å². The monoisotopic (exact) mass is 341 g/mol. The molecule has 0 aliphatic carbocycles. The summed E-state index contributed by atoms with van der Waals surface area (Å²) in [5.74, 6) is -0.905. The number of hydrogen-bond donors (Lipinski definition) is 1. The summed E-state index contributed by atoms with van der Waals surface area (Å²) in [4.78, 5) is 11.9. The first-order chi connectivity index (χ1) is 11.3. The third kappa shape index (κ3) is 6.00. The van der Waals surface area contributed by atoms with Gasteiger partial charge in [0.2, 0.25) is 0 Å². The Morgan fingerprint density at radius 2 is 1.71 bits per heavy atom. The van der Waals surface area contributed by atoms with Crippen molar-refractivity contribution < 1.29 is 27.1 Å². The lowest BCUT2D eigenvalue weighted by Gasteiger charge is -2.09. The lowest BCUT2D eigenvalue weighted by molar-refractivity contribution is -0.176. The lowest BCUT2D eigenvalue weighted by atomic mass is 10.1. The summed E-state index contributed by atoms with van der Waals surface area (Å²) in [6, 6.07) is 11.9. The van der Waals surface area contributed by atoms with Crippen LogP contribution < -0.4 is 5.32 Å². The van der Waals surface area contributed by atoms with Gasteiger partial charge >= 0.3 is 6.18 Å². The molecule has 0 fully saturated rings. The standard InChI is InChI=1S/C17H15F4NO2/c18-15-3-1-2-14(8-15)16(23)22-9-12-4-6-13(7-5-12)10-24-11-17(19,20)21/h1-8H,9-11H2,(H,22,23). The molecule has 128 valence electrons. The van der Waals surface area contributed by atoms with Gasteiger partial charge in [0.15, 0.2) is 0 Å². The second-order valence-electron chi connectivity index (χ2n) is 5.12. The molecular weight excluding hydrogens is 326 g/mol. The van der Waals surface area contributed by atoms with Gasteiger partial charge in [-0.1, -0.05) is 30.3 Å². The van der Waals surface area contributed by atoms with E-state index >= 15 is 0 Å². The van der Waals surface area contributed by atoms with Crippen molar-refractivity contribution in [3.8, 4) is 0 Å². The number of carbonyl (C=O) groups excluding carboxylic acids is 1. The molecular formula is C17H15F4NO2. The fourth-order valence-electron chi connectivity index (χ4n) is 1.95. The van der Waals surface area contributed by atoms with Crippen LogP contribution in [-0.2, 0) is 17.9 Å². The van der Waals surface area contributed by atoms with Crippen LogP contribution in [0.15, 0.2) is 48.5 Å². The molecule has 2 aromatic carbocycles. The quantitative estimate of drug-likeness (QED) is 0.811. The van der Waals surface area contributed by atoms with E-state index < -0.39 is 24.5 Å². The van der Waals surface area contributed by atoms with Crippen LogP contribution >= 0.6 is 0 Å². The Bertz CT molecular complexity index is 684. The fraction of sp³-hybridized carbons (Fsp3) is 0.235. The zero-order chi connectivity index (χ0) is 17.6. The van der Waals surface area contributed by atoms with Gasteiger partial charge in [-0.05, 0) is 29.3 Å². The van der Waals surface area contributed by atoms with Crippen LogP contribution in [-0.4, -0.2) is 18.7 Å². The first-order valence-corrected chi connectivity index (χ1v) is 7.09. The molecule has 0 saturated carbocycles. The molecule has 3 nitrogen and oxygen atoms in total. The molecule has 0 bridgehead atoms. The Labute approximate surface area is 136 Å². The van der Waals surface area contributed by atoms with Gasteiger partial charge in [0, 0.05) is 12.1 Å². The van der Waals surface area contributed by atoms with Crippen molar-refractivity contribution in [1.29, 1.82) is 0 Å². The van der Waals surface area contributed by atoms with Crippen molar-refractivity contribution in [3.05, 3.63) is 71.0 Å². The number of halogens is 4. The maximum atomic E-state index is 13.0. The van der Waals surface area contributed by atoms with Crippen molar-refractivity contribution in [2.45, 2.75) is 19.3 Å². The van der Waals surface area contributed by atoms with Gasteiger partial charge in [0.1, 0.15) is 12.4 Å². The predicted octanol–water partition coefficient (Wildman–Crippen LogP) is 3.83. The largest absolute Gasteiger partial charge is 0.411 e. The van der Waals surface area contributed by atoms with E-state index in [0.717, 1.165) is 11.6 Å². The summed E-state index contributed by atoms with van der Waals surface area (Å²) in [7, 11) is 0. The van der Waals surface area contributed by atoms with Gasteiger partial charge in [-0.2, -0.15) is 13.2 Å². The third-order valence-corrected chi connectivity index (χ3v) is 3.10. The number of alkyl halides is 3. The van der Waals surface area contributed by atoms with Crippen LogP contribution in [0, 0.1) is 5.82 Å². The molecule has 0 aromatic heterocycles. The highest BCUT2D eigenvalue weighted by molar-refractivity contribution is 5.94. The minimum absolute atomic E-state index is 0.143. The minimum Gasteiger partial charge on any atom is -0.367 e. The minimum atomic E-state index is -4.35. The molecule has 0 atom stereocenters. The van der Waals surface area contributed by atoms with Gasteiger partial charge in [-0.25, -0.2) is 4.39 Å². The molecule has 0 saturated heterocycles. The number of hydrogen-bond acceptors (Lipinski definition) is 2. The number of carbonyl (C=O) groups is 1. The van der Waals surface area contributed by atoms with Crippen LogP contribution in [0.4, 0.5) is 17.6 Å². The highest BCUT2D eigenvalue weighted by Gasteiger charge is 2.27. The predicted molar refractivity (Wildman–Crippen MR) is 79.7 cm³/mol. The maximum Gasteiger partial charge on any atom is 0.411 e. The summed E-state index contributed by atoms with van der Waals surface area (Å²) in [6.07, 6.45) is -4.35. The topological polar surface area (TPSA) is 38.3 Å². The van der Waals surface area contributed by atoms with Crippen LogP contribution in [0.1, 0.15) is 21.5 Å². The smallest absolute Gasteiger partial charge is 0.367 e. The Kier molecular flexibility index (Phi) is 5.92. The summed E-state index contributed by atoms with van der Waals surface area (Å²) >= 11 is 0. The van der Waals surface area contributed by atoms with Gasteiger partial charge in [0.05, 0.1) is 6.61 Å². The second-order valence-corrected chi connectivity index (χ2v) is 5.12. The zero-order valence-corrected chi connectivity index (χ0v) is 12.6. The Morgan fingerprint density at radius 3 is 2.33 bits per heavy atom. The number of rotatable bonds is 6. The molecule has 0 unspecified atom stereocenters. The third-order valence-electron chi connectivity index (χ3n) is 3.10. The molecule has 1 amide bonds. The van der Waals surface area contributed by atoms with Gasteiger partial charge in [-0.15, -0.1) is 0 Å². The van der Waals surface area contributed by atoms with Crippen molar-refractivity contribution in [3.63, 3.8) is 0 Å². The molecule has 0 aliphatic rings. The Hall–Kier alpha value is -2.41. The summed E-state index contributed by atoms with van der Waals surface area (Å²) in [5, 5.41) is 2.64. The van der Waals surface area contributed by atoms with E-state index in [1.807, 2.05) is 0 Å². The first-order valence-electron chi connectivity index (χ1n) is 7.09. The van der Waals surface area contributed by atoms with Crippen LogP contribution in [0.2, 0.25) is 0 Å². The average molecular weight is 341 g/mol. The van der Waals surface area contributed by atoms with E-state index in [1.165, 1.54) is 18.2 Å². The molecule has 0 spiro atoms. The Balaban J connectivity index is 1.82. The van der Waals surface area contributed by atoms with E-state index in [1.54, 1.807) is 24.3 Å². The maximum absolute atomic E-state index is 13.0. The zero-order valence-electron chi connectivity index (χ0n) is 12.6. The Morgan fingerprint density at radius 1 is 1.04 bits per heavy atom. The normalized spacial score (nSPS) is 11.3. The molecule has 1 N–H and O–H groups in total. The highest BCUT2D eigenvalue weighted by Crippen LogP contribution is 2.16. The van der Waals surface area contributed by atoms with Crippen molar-refractivity contribution >= 4 is 5.91 Å². The van der Waals surface area contributed by atoms with Gasteiger partial charge in [-0.3, -0.25) is 4.79 Å². The molecule has 2 rings (SSSR count). The number of benzene rings is 2.